The van der Waals surface area contributed by atoms with Crippen LogP contribution >= 0.6 is 0 Å². The van der Waals surface area contributed by atoms with Crippen molar-refractivity contribution in [3.05, 3.63) is 96.2 Å². The zero-order valence-corrected chi connectivity index (χ0v) is 14.6. The molecule has 1 aromatic heterocycles. The molecular weight excluding hydrogens is 330 g/mol. The minimum atomic E-state index is -0.675. The fraction of sp³-hybridized carbons (Fsp3) is 0.0400. The number of aromatic nitrogens is 1. The molecule has 0 aliphatic rings. The van der Waals surface area contributed by atoms with E-state index in [1.807, 2.05) is 24.4 Å². The lowest BCUT2D eigenvalue weighted by Crippen LogP contribution is -2.00. The summed E-state index contributed by atoms with van der Waals surface area (Å²) in [6.45, 7) is 0. The average molecular weight is 347 g/mol. The summed E-state index contributed by atoms with van der Waals surface area (Å²) < 4.78 is 0. The highest BCUT2D eigenvalue weighted by Crippen LogP contribution is 2.39. The van der Waals surface area contributed by atoms with Crippen LogP contribution in [0, 0.1) is 0 Å². The maximum absolute atomic E-state index is 11.3. The van der Waals surface area contributed by atoms with Gasteiger partial charge < -0.3 is 10.1 Å². The number of para-hydroxylation sites is 1. The van der Waals surface area contributed by atoms with Gasteiger partial charge in [0.2, 0.25) is 0 Å². The van der Waals surface area contributed by atoms with E-state index in [2.05, 4.69) is 65.6 Å². The van der Waals surface area contributed by atoms with Crippen LogP contribution in [0.2, 0.25) is 0 Å². The largest absolute Gasteiger partial charge is 0.384 e. The van der Waals surface area contributed by atoms with Crippen LogP contribution in [0.1, 0.15) is 17.2 Å². The summed E-state index contributed by atoms with van der Waals surface area (Å²) in [5.74, 6) is 0. The van der Waals surface area contributed by atoms with Gasteiger partial charge in [0.15, 0.2) is 0 Å². The number of nitrogens with one attached hydrogen (secondary N) is 1. The normalized spacial score (nSPS) is 13.2. The van der Waals surface area contributed by atoms with Gasteiger partial charge >= 0.3 is 0 Å². The SMILES string of the molecule is OC(c1c[nH]c2ccccc12)c1ccc2ccc3cccc4ccc1c2c34. The summed E-state index contributed by atoms with van der Waals surface area (Å²) in [7, 11) is 0. The minimum absolute atomic E-state index is 0.675. The number of aromatic amines is 1. The fourth-order valence-corrected chi connectivity index (χ4v) is 4.48. The van der Waals surface area contributed by atoms with Crippen molar-refractivity contribution in [2.24, 2.45) is 0 Å². The molecule has 27 heavy (non-hydrogen) atoms. The van der Waals surface area contributed by atoms with Crippen molar-refractivity contribution in [2.75, 3.05) is 0 Å². The summed E-state index contributed by atoms with van der Waals surface area (Å²) in [6, 6.07) is 27.4. The molecule has 1 atom stereocenters. The van der Waals surface area contributed by atoms with E-state index in [-0.39, 0.29) is 0 Å². The van der Waals surface area contributed by atoms with Crippen molar-refractivity contribution in [1.29, 1.82) is 0 Å². The molecule has 0 saturated heterocycles. The third-order valence-corrected chi connectivity index (χ3v) is 5.77. The second-order valence-corrected chi connectivity index (χ2v) is 7.20. The minimum Gasteiger partial charge on any atom is -0.384 e. The number of rotatable bonds is 2. The molecule has 0 amide bonds. The number of hydrogen-bond donors (Lipinski definition) is 2. The Labute approximate surface area is 156 Å². The van der Waals surface area contributed by atoms with Crippen LogP contribution in [0.15, 0.2) is 85.1 Å². The molecule has 2 heteroatoms. The fourth-order valence-electron chi connectivity index (χ4n) is 4.48. The predicted molar refractivity (Wildman–Crippen MR) is 113 cm³/mol. The molecule has 0 aliphatic carbocycles. The summed E-state index contributed by atoms with van der Waals surface area (Å²) in [6.07, 6.45) is 1.25. The topological polar surface area (TPSA) is 36.0 Å². The Bertz CT molecular complexity index is 1430. The first-order valence-corrected chi connectivity index (χ1v) is 9.22. The molecule has 0 fully saturated rings. The van der Waals surface area contributed by atoms with E-state index >= 15 is 0 Å². The second-order valence-electron chi connectivity index (χ2n) is 7.20. The van der Waals surface area contributed by atoms with Gasteiger partial charge in [-0.3, -0.25) is 0 Å². The Morgan fingerprint density at radius 3 is 2.15 bits per heavy atom. The third-order valence-electron chi connectivity index (χ3n) is 5.77. The highest BCUT2D eigenvalue weighted by Gasteiger charge is 2.19. The van der Waals surface area contributed by atoms with Gasteiger partial charge in [-0.2, -0.15) is 0 Å². The maximum atomic E-state index is 11.3. The standard InChI is InChI=1S/C25H17NO/c27-25(21-14-26-22-7-2-1-6-18(21)22)20-13-11-17-9-8-15-4-3-5-16-10-12-19(20)24(17)23(15)16/h1-14,25-27H. The predicted octanol–water partition coefficient (Wildman–Crippen LogP) is 6.15. The molecule has 128 valence electrons. The first-order valence-electron chi connectivity index (χ1n) is 9.22. The van der Waals surface area contributed by atoms with Gasteiger partial charge in [-0.15, -0.1) is 0 Å². The molecule has 0 radical (unpaired) electrons. The van der Waals surface area contributed by atoms with E-state index in [1.54, 1.807) is 0 Å². The zero-order valence-electron chi connectivity index (χ0n) is 14.6. The lowest BCUT2D eigenvalue weighted by molar-refractivity contribution is 0.223. The Kier molecular flexibility index (Phi) is 2.91. The lowest BCUT2D eigenvalue weighted by atomic mass is 9.89. The molecule has 1 heterocycles. The van der Waals surface area contributed by atoms with Gasteiger partial charge in [0.1, 0.15) is 6.10 Å². The summed E-state index contributed by atoms with van der Waals surface area (Å²) in [5, 5.41) is 19.7. The number of fused-ring (bicyclic) bond motifs is 1. The van der Waals surface area contributed by atoms with Gasteiger partial charge in [0, 0.05) is 22.7 Å². The quantitative estimate of drug-likeness (QED) is 0.362. The maximum Gasteiger partial charge on any atom is 0.107 e. The van der Waals surface area contributed by atoms with Gasteiger partial charge in [-0.25, -0.2) is 0 Å². The van der Waals surface area contributed by atoms with E-state index in [9.17, 15) is 5.11 Å². The van der Waals surface area contributed by atoms with E-state index < -0.39 is 6.10 Å². The molecule has 6 aromatic rings. The Morgan fingerprint density at radius 1 is 0.593 bits per heavy atom. The summed E-state index contributed by atoms with van der Waals surface area (Å²) in [4.78, 5) is 3.28. The van der Waals surface area contributed by atoms with Crippen molar-refractivity contribution in [2.45, 2.75) is 6.10 Å². The van der Waals surface area contributed by atoms with Crippen molar-refractivity contribution >= 4 is 43.2 Å². The van der Waals surface area contributed by atoms with Crippen molar-refractivity contribution < 1.29 is 5.11 Å². The molecule has 0 saturated carbocycles. The van der Waals surface area contributed by atoms with Crippen LogP contribution < -0.4 is 0 Å². The van der Waals surface area contributed by atoms with Crippen LogP contribution in [-0.4, -0.2) is 10.1 Å². The summed E-state index contributed by atoms with van der Waals surface area (Å²) >= 11 is 0. The van der Waals surface area contributed by atoms with Crippen molar-refractivity contribution in [1.82, 2.24) is 4.98 Å². The van der Waals surface area contributed by atoms with Crippen molar-refractivity contribution in [3.63, 3.8) is 0 Å². The smallest absolute Gasteiger partial charge is 0.107 e. The van der Waals surface area contributed by atoms with E-state index in [0.717, 1.165) is 27.4 Å². The van der Waals surface area contributed by atoms with Gasteiger partial charge in [-0.1, -0.05) is 72.8 Å². The van der Waals surface area contributed by atoms with Crippen LogP contribution in [0.4, 0.5) is 0 Å². The van der Waals surface area contributed by atoms with Gasteiger partial charge in [0.25, 0.3) is 0 Å². The zero-order chi connectivity index (χ0) is 18.0. The second kappa shape index (κ2) is 5.32. The van der Waals surface area contributed by atoms with E-state index in [4.69, 9.17) is 0 Å². The Hall–Kier alpha value is -3.36. The molecule has 2 nitrogen and oxygen atoms in total. The molecule has 0 bridgehead atoms. The first-order chi connectivity index (χ1) is 13.3. The molecule has 6 rings (SSSR count). The van der Waals surface area contributed by atoms with Crippen LogP contribution in [-0.2, 0) is 0 Å². The summed E-state index contributed by atoms with van der Waals surface area (Å²) in [5.41, 5.74) is 2.91. The van der Waals surface area contributed by atoms with Crippen LogP contribution in [0.5, 0.6) is 0 Å². The average Bonchev–Trinajstić information content (AvgIpc) is 3.15. The number of aliphatic hydroxyl groups excluding tert-OH is 1. The third kappa shape index (κ3) is 1.99. The monoisotopic (exact) mass is 347 g/mol. The molecule has 0 aliphatic heterocycles. The molecule has 1 unspecified atom stereocenters. The molecule has 5 aromatic carbocycles. The molecular formula is C25H17NO. The Balaban J connectivity index is 1.68. The number of benzene rings is 5. The first kappa shape index (κ1) is 14.8. The van der Waals surface area contributed by atoms with Crippen molar-refractivity contribution in [3.8, 4) is 0 Å². The molecule has 0 spiro atoms. The molecule has 2 N–H and O–H groups in total. The lowest BCUT2D eigenvalue weighted by Gasteiger charge is -2.17. The van der Waals surface area contributed by atoms with Gasteiger partial charge in [-0.05, 0) is 43.9 Å². The number of H-pyrrole nitrogens is 1. The highest BCUT2D eigenvalue weighted by atomic mass is 16.3. The van der Waals surface area contributed by atoms with Crippen LogP contribution in [0.3, 0.4) is 0 Å². The van der Waals surface area contributed by atoms with E-state index in [1.165, 1.54) is 26.9 Å². The highest BCUT2D eigenvalue weighted by molar-refractivity contribution is 6.23. The van der Waals surface area contributed by atoms with Gasteiger partial charge in [0.05, 0.1) is 0 Å². The Morgan fingerprint density at radius 2 is 1.30 bits per heavy atom. The number of hydrogen-bond acceptors (Lipinski definition) is 1. The van der Waals surface area contributed by atoms with Crippen LogP contribution in [0.25, 0.3) is 43.2 Å². The van der Waals surface area contributed by atoms with E-state index in [0.29, 0.717) is 0 Å². The number of aliphatic hydroxyl groups is 1.